The Bertz CT molecular complexity index is 430. The van der Waals surface area contributed by atoms with Crippen molar-refractivity contribution in [2.45, 2.75) is 19.3 Å². The van der Waals surface area contributed by atoms with Crippen molar-refractivity contribution in [2.24, 2.45) is 11.1 Å². The minimum atomic E-state index is -0.365. The van der Waals surface area contributed by atoms with Gasteiger partial charge in [0, 0.05) is 16.6 Å². The van der Waals surface area contributed by atoms with E-state index in [1.165, 1.54) is 6.07 Å². The first-order chi connectivity index (χ1) is 7.54. The molecule has 0 radical (unpaired) electrons. The summed E-state index contributed by atoms with van der Waals surface area (Å²) in [6.45, 7) is 0.660. The first kappa shape index (κ1) is 11.5. The molecular formula is C11H13BrN2O2. The topological polar surface area (TPSA) is 69.2 Å². The molecule has 0 aliphatic heterocycles. The van der Waals surface area contributed by atoms with E-state index in [1.807, 2.05) is 6.07 Å². The molecule has 0 aromatic heterocycles. The Hall–Kier alpha value is -0.940. The molecule has 1 saturated carbocycles. The van der Waals surface area contributed by atoms with E-state index < -0.39 is 0 Å². The summed E-state index contributed by atoms with van der Waals surface area (Å²) in [5.74, 6) is 0. The third-order valence-electron chi connectivity index (χ3n) is 3.12. The fourth-order valence-electron chi connectivity index (χ4n) is 1.90. The molecule has 0 unspecified atom stereocenters. The molecule has 1 aliphatic carbocycles. The quantitative estimate of drug-likeness (QED) is 0.683. The standard InChI is InChI=1S/C11H13BrN2O2/c12-9-3-8(4-10(5-9)14(15)16)6-11(7-13)1-2-11/h3-5H,1-2,6-7,13H2. The van der Waals surface area contributed by atoms with E-state index in [4.69, 9.17) is 5.73 Å². The van der Waals surface area contributed by atoms with E-state index in [9.17, 15) is 10.1 Å². The van der Waals surface area contributed by atoms with Gasteiger partial charge in [-0.05, 0) is 42.9 Å². The molecule has 0 bridgehead atoms. The molecule has 16 heavy (non-hydrogen) atoms. The van der Waals surface area contributed by atoms with E-state index in [2.05, 4.69) is 15.9 Å². The van der Waals surface area contributed by atoms with Gasteiger partial charge in [0.2, 0.25) is 0 Å². The van der Waals surface area contributed by atoms with Gasteiger partial charge in [-0.15, -0.1) is 0 Å². The molecular weight excluding hydrogens is 272 g/mol. The molecule has 0 atom stereocenters. The molecule has 1 fully saturated rings. The minimum Gasteiger partial charge on any atom is -0.330 e. The van der Waals surface area contributed by atoms with Gasteiger partial charge in [0.1, 0.15) is 0 Å². The molecule has 86 valence electrons. The second kappa shape index (κ2) is 4.14. The second-order valence-electron chi connectivity index (χ2n) is 4.46. The van der Waals surface area contributed by atoms with Crippen LogP contribution in [0.4, 0.5) is 5.69 Å². The zero-order valence-electron chi connectivity index (χ0n) is 8.78. The average molecular weight is 285 g/mol. The van der Waals surface area contributed by atoms with Gasteiger partial charge in [-0.25, -0.2) is 0 Å². The number of rotatable bonds is 4. The number of nitro benzene ring substituents is 1. The summed E-state index contributed by atoms with van der Waals surface area (Å²) in [5, 5.41) is 10.7. The summed E-state index contributed by atoms with van der Waals surface area (Å²) in [7, 11) is 0. The van der Waals surface area contributed by atoms with Crippen LogP contribution in [0.2, 0.25) is 0 Å². The van der Waals surface area contributed by atoms with Crippen LogP contribution in [-0.4, -0.2) is 11.5 Å². The zero-order valence-corrected chi connectivity index (χ0v) is 10.4. The van der Waals surface area contributed by atoms with Crippen LogP contribution in [0.3, 0.4) is 0 Å². The SMILES string of the molecule is NCC1(Cc2cc(Br)cc([N+](=O)[O-])c2)CC1. The molecule has 2 N–H and O–H groups in total. The minimum absolute atomic E-state index is 0.136. The molecule has 0 amide bonds. The fourth-order valence-corrected chi connectivity index (χ4v) is 2.43. The first-order valence-corrected chi connectivity index (χ1v) is 5.98. The van der Waals surface area contributed by atoms with Crippen molar-refractivity contribution in [3.63, 3.8) is 0 Å². The summed E-state index contributed by atoms with van der Waals surface area (Å²) in [5.41, 5.74) is 7.04. The number of hydrogen-bond acceptors (Lipinski definition) is 3. The van der Waals surface area contributed by atoms with Crippen LogP contribution in [0.5, 0.6) is 0 Å². The Morgan fingerprint density at radius 2 is 2.12 bits per heavy atom. The lowest BCUT2D eigenvalue weighted by Crippen LogP contribution is -2.17. The molecule has 1 aliphatic rings. The predicted octanol–water partition coefficient (Wildman–Crippen LogP) is 2.64. The summed E-state index contributed by atoms with van der Waals surface area (Å²) in [6.07, 6.45) is 3.09. The number of hydrogen-bond donors (Lipinski definition) is 1. The molecule has 5 heteroatoms. The van der Waals surface area contributed by atoms with E-state index in [0.717, 1.165) is 29.3 Å². The van der Waals surface area contributed by atoms with Crippen LogP contribution >= 0.6 is 15.9 Å². The molecule has 0 saturated heterocycles. The number of benzene rings is 1. The lowest BCUT2D eigenvalue weighted by atomic mass is 9.96. The third-order valence-corrected chi connectivity index (χ3v) is 3.58. The smallest absolute Gasteiger partial charge is 0.270 e. The first-order valence-electron chi connectivity index (χ1n) is 5.19. The average Bonchev–Trinajstić information content (AvgIpc) is 2.97. The number of non-ortho nitro benzene ring substituents is 1. The lowest BCUT2D eigenvalue weighted by Gasteiger charge is -2.12. The highest BCUT2D eigenvalue weighted by Crippen LogP contribution is 2.47. The summed E-state index contributed by atoms with van der Waals surface area (Å²) < 4.78 is 0.754. The van der Waals surface area contributed by atoms with Crippen LogP contribution in [0.25, 0.3) is 0 Å². The van der Waals surface area contributed by atoms with E-state index in [0.29, 0.717) is 6.54 Å². The van der Waals surface area contributed by atoms with Gasteiger partial charge in [0.15, 0.2) is 0 Å². The Kier molecular flexibility index (Phi) is 2.99. The van der Waals surface area contributed by atoms with Gasteiger partial charge < -0.3 is 5.73 Å². The molecule has 1 aromatic rings. The van der Waals surface area contributed by atoms with Gasteiger partial charge in [-0.3, -0.25) is 10.1 Å². The Labute approximate surface area is 102 Å². The summed E-state index contributed by atoms with van der Waals surface area (Å²) in [4.78, 5) is 10.4. The number of nitro groups is 1. The molecule has 1 aromatic carbocycles. The molecule has 0 spiro atoms. The van der Waals surface area contributed by atoms with Crippen LogP contribution in [0.15, 0.2) is 22.7 Å². The van der Waals surface area contributed by atoms with Crippen LogP contribution in [0, 0.1) is 15.5 Å². The lowest BCUT2D eigenvalue weighted by molar-refractivity contribution is -0.385. The van der Waals surface area contributed by atoms with Crippen LogP contribution in [0.1, 0.15) is 18.4 Å². The van der Waals surface area contributed by atoms with E-state index >= 15 is 0 Å². The van der Waals surface area contributed by atoms with Gasteiger partial charge in [-0.1, -0.05) is 15.9 Å². The fraction of sp³-hybridized carbons (Fsp3) is 0.455. The van der Waals surface area contributed by atoms with E-state index in [-0.39, 0.29) is 16.0 Å². The van der Waals surface area contributed by atoms with Crippen LogP contribution in [-0.2, 0) is 6.42 Å². The monoisotopic (exact) mass is 284 g/mol. The molecule has 4 nitrogen and oxygen atoms in total. The number of halogens is 1. The Balaban J connectivity index is 2.24. The Morgan fingerprint density at radius 3 is 2.62 bits per heavy atom. The van der Waals surface area contributed by atoms with Crippen LogP contribution < -0.4 is 5.73 Å². The normalized spacial score (nSPS) is 17.1. The molecule has 2 rings (SSSR count). The van der Waals surface area contributed by atoms with Crippen molar-refractivity contribution in [1.29, 1.82) is 0 Å². The second-order valence-corrected chi connectivity index (χ2v) is 5.37. The summed E-state index contributed by atoms with van der Waals surface area (Å²) >= 11 is 3.30. The van der Waals surface area contributed by atoms with Crippen molar-refractivity contribution in [1.82, 2.24) is 0 Å². The number of nitrogens with two attached hydrogens (primary N) is 1. The maximum atomic E-state index is 10.7. The maximum Gasteiger partial charge on any atom is 0.270 e. The molecule has 0 heterocycles. The van der Waals surface area contributed by atoms with Gasteiger partial charge in [0.25, 0.3) is 5.69 Å². The van der Waals surface area contributed by atoms with E-state index in [1.54, 1.807) is 6.07 Å². The number of nitrogens with zero attached hydrogens (tertiary/aromatic N) is 1. The highest BCUT2D eigenvalue weighted by Gasteiger charge is 2.41. The zero-order chi connectivity index (χ0) is 11.8. The maximum absolute atomic E-state index is 10.7. The largest absolute Gasteiger partial charge is 0.330 e. The predicted molar refractivity (Wildman–Crippen MR) is 65.2 cm³/mol. The van der Waals surface area contributed by atoms with Gasteiger partial charge >= 0.3 is 0 Å². The van der Waals surface area contributed by atoms with Gasteiger partial charge in [-0.2, -0.15) is 0 Å². The van der Waals surface area contributed by atoms with Crippen molar-refractivity contribution in [3.8, 4) is 0 Å². The highest BCUT2D eigenvalue weighted by molar-refractivity contribution is 9.10. The highest BCUT2D eigenvalue weighted by atomic mass is 79.9. The summed E-state index contributed by atoms with van der Waals surface area (Å²) in [6, 6.07) is 5.09. The van der Waals surface area contributed by atoms with Crippen molar-refractivity contribution < 1.29 is 4.92 Å². The van der Waals surface area contributed by atoms with Gasteiger partial charge in [0.05, 0.1) is 4.92 Å². The van der Waals surface area contributed by atoms with Crippen molar-refractivity contribution in [2.75, 3.05) is 6.54 Å². The Morgan fingerprint density at radius 1 is 1.44 bits per heavy atom. The van der Waals surface area contributed by atoms with Crippen molar-refractivity contribution >= 4 is 21.6 Å². The third kappa shape index (κ3) is 2.41. The van der Waals surface area contributed by atoms with Crippen molar-refractivity contribution in [3.05, 3.63) is 38.3 Å².